The van der Waals surface area contributed by atoms with Crippen molar-refractivity contribution in [2.45, 2.75) is 232 Å². The summed E-state index contributed by atoms with van der Waals surface area (Å²) in [6.07, 6.45) is 26.6. The lowest BCUT2D eigenvalue weighted by Crippen LogP contribution is -2.44. The van der Waals surface area contributed by atoms with E-state index in [1.807, 2.05) is 62.3 Å². The van der Waals surface area contributed by atoms with Crippen LogP contribution in [0.5, 0.6) is 0 Å². The predicted octanol–water partition coefficient (Wildman–Crippen LogP) is 11.1. The molecule has 0 spiro atoms. The van der Waals surface area contributed by atoms with Gasteiger partial charge in [-0.1, -0.05) is 83.3 Å². The Kier molecular flexibility index (Phi) is 28.5. The van der Waals surface area contributed by atoms with Crippen LogP contribution in [0.1, 0.15) is 204 Å². The highest BCUT2D eigenvalue weighted by Crippen LogP contribution is 2.23. The second-order valence-corrected chi connectivity index (χ2v) is 18.7. The van der Waals surface area contributed by atoms with Crippen LogP contribution < -0.4 is 16.0 Å². The zero-order chi connectivity index (χ0) is 40.9. The molecule has 0 heterocycles. The van der Waals surface area contributed by atoms with E-state index in [4.69, 9.17) is 14.2 Å². The lowest BCUT2D eigenvalue weighted by atomic mass is 9.99. The van der Waals surface area contributed by atoms with Gasteiger partial charge in [-0.05, 0) is 120 Å². The Morgan fingerprint density at radius 3 is 1.80 bits per heavy atom. The van der Waals surface area contributed by atoms with Gasteiger partial charge in [0.15, 0.2) is 0 Å². The van der Waals surface area contributed by atoms with Crippen LogP contribution >= 0.6 is 12.6 Å². The molecule has 0 fully saturated rings. The summed E-state index contributed by atoms with van der Waals surface area (Å²) in [7, 11) is 0. The van der Waals surface area contributed by atoms with Crippen molar-refractivity contribution < 1.29 is 28.6 Å². The lowest BCUT2D eigenvalue weighted by molar-refractivity contribution is -0.123. The molecule has 2 atom stereocenters. The number of allylic oxidation sites excluding steroid dienone is 2. The molecule has 0 aromatic carbocycles. The van der Waals surface area contributed by atoms with Gasteiger partial charge in [-0.3, -0.25) is 9.59 Å². The number of unbranched alkanes of at least 4 members (excludes halogenated alkanes) is 13. The van der Waals surface area contributed by atoms with Crippen LogP contribution in [0, 0.1) is 0 Å². The van der Waals surface area contributed by atoms with E-state index in [1.54, 1.807) is 0 Å². The Hall–Kier alpha value is -1.78. The van der Waals surface area contributed by atoms with Crippen molar-refractivity contribution in [2.24, 2.45) is 0 Å². The minimum Gasteiger partial charge on any atom is -0.444 e. The quantitative estimate of drug-likeness (QED) is 0.0228. The molecule has 0 aliphatic heterocycles. The Labute approximate surface area is 337 Å². The SMILES string of the molecule is CCCCCC/C=C\CCCCCCCCCCCC(=O)NC(C)(C)CCOC(C)(C)CCNC(=O)CCC(C)(S)OCCC(C)NC(=O)OC(C)(C)C. The number of rotatable bonds is 33. The molecule has 0 aliphatic rings. The van der Waals surface area contributed by atoms with Gasteiger partial charge in [0.1, 0.15) is 10.5 Å². The molecule has 3 amide bonds. The summed E-state index contributed by atoms with van der Waals surface area (Å²) >= 11 is 4.60. The maximum Gasteiger partial charge on any atom is 0.407 e. The summed E-state index contributed by atoms with van der Waals surface area (Å²) in [5.74, 6) is 0.0561. The summed E-state index contributed by atoms with van der Waals surface area (Å²) in [5, 5.41) is 8.98. The molecule has 0 aromatic rings. The highest BCUT2D eigenvalue weighted by atomic mass is 32.1. The summed E-state index contributed by atoms with van der Waals surface area (Å²) in [5.41, 5.74) is -1.31. The summed E-state index contributed by atoms with van der Waals surface area (Å²) in [6.45, 7) is 21.0. The van der Waals surface area contributed by atoms with Crippen molar-refractivity contribution in [3.63, 3.8) is 0 Å². The monoisotopic (exact) mass is 784 g/mol. The van der Waals surface area contributed by atoms with Crippen molar-refractivity contribution >= 4 is 30.5 Å². The maximum absolute atomic E-state index is 12.6. The van der Waals surface area contributed by atoms with Crippen LogP contribution in [0.2, 0.25) is 0 Å². The number of alkyl carbamates (subject to hydrolysis) is 1. The highest BCUT2D eigenvalue weighted by molar-refractivity contribution is 7.81. The minimum atomic E-state index is -0.766. The van der Waals surface area contributed by atoms with Crippen molar-refractivity contribution in [1.29, 1.82) is 0 Å². The topological polar surface area (TPSA) is 115 Å². The molecule has 0 bridgehead atoms. The second kappa shape index (κ2) is 29.5. The fraction of sp³-hybridized carbons (Fsp3) is 0.886. The number of carbonyl (C=O) groups is 3. The minimum absolute atomic E-state index is 0.0592. The average Bonchev–Trinajstić information content (AvgIpc) is 3.03. The smallest absolute Gasteiger partial charge is 0.407 e. The lowest BCUT2D eigenvalue weighted by Gasteiger charge is -2.30. The van der Waals surface area contributed by atoms with Crippen molar-refractivity contribution in [3.8, 4) is 0 Å². The number of hydrogen-bond acceptors (Lipinski definition) is 7. The molecule has 0 rings (SSSR count). The molecule has 2 unspecified atom stereocenters. The van der Waals surface area contributed by atoms with Gasteiger partial charge >= 0.3 is 6.09 Å². The molecular weight excluding hydrogens is 699 g/mol. The van der Waals surface area contributed by atoms with Gasteiger partial charge in [-0.2, -0.15) is 0 Å². The van der Waals surface area contributed by atoms with Gasteiger partial charge in [0.2, 0.25) is 11.8 Å². The van der Waals surface area contributed by atoms with Gasteiger partial charge in [0.05, 0.1) is 12.2 Å². The third kappa shape index (κ3) is 34.7. The zero-order valence-electron chi connectivity index (χ0n) is 36.6. The Morgan fingerprint density at radius 2 is 1.22 bits per heavy atom. The summed E-state index contributed by atoms with van der Waals surface area (Å²) < 4.78 is 17.4. The van der Waals surface area contributed by atoms with Gasteiger partial charge < -0.3 is 30.2 Å². The van der Waals surface area contributed by atoms with Crippen molar-refractivity contribution in [2.75, 3.05) is 19.8 Å². The number of thiol groups is 1. The van der Waals surface area contributed by atoms with Gasteiger partial charge in [0.25, 0.3) is 0 Å². The van der Waals surface area contributed by atoms with Crippen LogP contribution in [-0.4, -0.2) is 65.4 Å². The third-order valence-corrected chi connectivity index (χ3v) is 9.81. The second-order valence-electron chi connectivity index (χ2n) is 17.8. The standard InChI is InChI=1S/C44H85N3O6S/c1-11-12-13-14-15-16-17-18-19-20-21-22-23-24-25-26-27-28-39(49)47-42(6,7)33-36-51-43(8,9)32-34-45-38(48)29-31-44(10,54)52-35-30-37(2)46-40(50)53-41(3,4)5/h16-17,37,54H,11-15,18-36H2,1-10H3,(H,45,48)(H,46,50)(H,47,49)/b17-16-. The molecular formula is C44H85N3O6S. The fourth-order valence-corrected chi connectivity index (χ4v) is 6.12. The average molecular weight is 784 g/mol. The maximum atomic E-state index is 12.6. The molecule has 0 radical (unpaired) electrons. The van der Waals surface area contributed by atoms with E-state index in [-0.39, 0.29) is 23.4 Å². The Bertz CT molecular complexity index is 1020. The van der Waals surface area contributed by atoms with E-state index in [9.17, 15) is 14.4 Å². The Balaban J connectivity index is 3.98. The number of nitrogens with one attached hydrogen (secondary N) is 3. The normalized spacial score (nSPS) is 14.1. The van der Waals surface area contributed by atoms with Crippen molar-refractivity contribution in [1.82, 2.24) is 16.0 Å². The largest absolute Gasteiger partial charge is 0.444 e. The fourth-order valence-electron chi connectivity index (χ4n) is 5.91. The van der Waals surface area contributed by atoms with Crippen LogP contribution in [0.25, 0.3) is 0 Å². The summed E-state index contributed by atoms with van der Waals surface area (Å²) in [4.78, 5) is 36.3. The molecule has 9 nitrogen and oxygen atoms in total. The van der Waals surface area contributed by atoms with E-state index in [2.05, 4.69) is 47.7 Å². The molecule has 0 saturated carbocycles. The van der Waals surface area contributed by atoms with Crippen LogP contribution in [0.4, 0.5) is 4.79 Å². The number of hydrogen-bond donors (Lipinski definition) is 4. The molecule has 54 heavy (non-hydrogen) atoms. The van der Waals surface area contributed by atoms with E-state index in [0.717, 1.165) is 12.8 Å². The first kappa shape index (κ1) is 52.2. The first-order valence-electron chi connectivity index (χ1n) is 21.5. The molecule has 318 valence electrons. The van der Waals surface area contributed by atoms with Crippen LogP contribution in [-0.2, 0) is 23.8 Å². The number of amides is 3. The number of carbonyl (C=O) groups excluding carboxylic acids is 3. The first-order valence-corrected chi connectivity index (χ1v) is 21.9. The van der Waals surface area contributed by atoms with E-state index in [1.165, 1.54) is 83.5 Å². The van der Waals surface area contributed by atoms with Gasteiger partial charge in [-0.15, -0.1) is 12.6 Å². The summed E-state index contributed by atoms with van der Waals surface area (Å²) in [6, 6.07) is -0.121. The highest BCUT2D eigenvalue weighted by Gasteiger charge is 2.25. The van der Waals surface area contributed by atoms with E-state index < -0.39 is 22.2 Å². The van der Waals surface area contributed by atoms with Crippen LogP contribution in [0.15, 0.2) is 12.2 Å². The number of ether oxygens (including phenoxy) is 3. The van der Waals surface area contributed by atoms with Gasteiger partial charge in [-0.25, -0.2) is 4.79 Å². The molecule has 10 heteroatoms. The first-order chi connectivity index (χ1) is 25.3. The zero-order valence-corrected chi connectivity index (χ0v) is 37.5. The molecule has 0 aliphatic carbocycles. The molecule has 3 N–H and O–H groups in total. The van der Waals surface area contributed by atoms with E-state index >= 15 is 0 Å². The predicted molar refractivity (Wildman–Crippen MR) is 229 cm³/mol. The van der Waals surface area contributed by atoms with Crippen molar-refractivity contribution in [3.05, 3.63) is 12.2 Å². The molecule has 0 aromatic heterocycles. The van der Waals surface area contributed by atoms with Gasteiger partial charge in [0, 0.05) is 37.6 Å². The Morgan fingerprint density at radius 1 is 0.667 bits per heavy atom. The molecule has 0 saturated heterocycles. The third-order valence-electron chi connectivity index (χ3n) is 9.46. The van der Waals surface area contributed by atoms with E-state index in [0.29, 0.717) is 58.3 Å². The van der Waals surface area contributed by atoms with Crippen LogP contribution in [0.3, 0.4) is 0 Å².